The van der Waals surface area contributed by atoms with Gasteiger partial charge >= 0.3 is 6.03 Å². The Hall–Kier alpha value is -1.63. The molecule has 0 spiro atoms. The minimum absolute atomic E-state index is 0.166. The number of aryl methyl sites for hydroxylation is 1. The summed E-state index contributed by atoms with van der Waals surface area (Å²) < 4.78 is 1.77. The Kier molecular flexibility index (Phi) is 3.37. The van der Waals surface area contributed by atoms with Crippen LogP contribution in [0.5, 0.6) is 0 Å². The van der Waals surface area contributed by atoms with Gasteiger partial charge in [0, 0.05) is 12.1 Å². The van der Waals surface area contributed by atoms with E-state index >= 15 is 0 Å². The molecular formula is C16H25N5O2. The summed E-state index contributed by atoms with van der Waals surface area (Å²) in [5.74, 6) is 1.88. The normalized spacial score (nSPS) is 37.8. The van der Waals surface area contributed by atoms with E-state index in [1.165, 1.54) is 12.7 Å². The van der Waals surface area contributed by atoms with Crippen LogP contribution in [0.3, 0.4) is 0 Å². The van der Waals surface area contributed by atoms with Crippen LogP contribution in [-0.2, 0) is 13.1 Å². The molecule has 0 aliphatic heterocycles. The number of aromatic nitrogens is 3. The lowest BCUT2D eigenvalue weighted by Crippen LogP contribution is -2.66. The predicted molar refractivity (Wildman–Crippen MR) is 83.4 cm³/mol. The van der Waals surface area contributed by atoms with E-state index in [1.54, 1.807) is 4.68 Å². The van der Waals surface area contributed by atoms with Gasteiger partial charge in [0.05, 0.1) is 12.1 Å². The first-order valence-corrected chi connectivity index (χ1v) is 8.64. The number of nitrogens with zero attached hydrogens (tertiary/aromatic N) is 3. The van der Waals surface area contributed by atoms with Crippen molar-refractivity contribution in [3.63, 3.8) is 0 Å². The van der Waals surface area contributed by atoms with Crippen molar-refractivity contribution >= 4 is 6.03 Å². The maximum Gasteiger partial charge on any atom is 0.315 e. The van der Waals surface area contributed by atoms with Crippen LogP contribution in [0.1, 0.15) is 51.3 Å². The lowest BCUT2D eigenvalue weighted by Gasteiger charge is -2.60. The minimum Gasteiger partial charge on any atom is -0.390 e. The van der Waals surface area contributed by atoms with E-state index in [9.17, 15) is 9.90 Å². The van der Waals surface area contributed by atoms with Gasteiger partial charge in [-0.25, -0.2) is 14.5 Å². The molecule has 4 aliphatic carbocycles. The monoisotopic (exact) mass is 319 g/mol. The highest BCUT2D eigenvalue weighted by molar-refractivity contribution is 5.74. The summed E-state index contributed by atoms with van der Waals surface area (Å²) in [7, 11) is 0. The maximum atomic E-state index is 12.4. The van der Waals surface area contributed by atoms with Crippen LogP contribution in [-0.4, -0.2) is 37.0 Å². The number of aliphatic hydroxyl groups is 1. The minimum atomic E-state index is -0.556. The second kappa shape index (κ2) is 5.19. The van der Waals surface area contributed by atoms with Gasteiger partial charge in [-0.3, -0.25) is 0 Å². The Balaban J connectivity index is 1.39. The van der Waals surface area contributed by atoms with Crippen molar-refractivity contribution in [2.75, 3.05) is 0 Å². The van der Waals surface area contributed by atoms with Gasteiger partial charge in [0.25, 0.3) is 0 Å². The smallest absolute Gasteiger partial charge is 0.315 e. The number of hydrogen-bond acceptors (Lipinski definition) is 4. The van der Waals surface area contributed by atoms with Gasteiger partial charge < -0.3 is 15.7 Å². The molecule has 23 heavy (non-hydrogen) atoms. The Morgan fingerprint density at radius 2 is 2.13 bits per heavy atom. The van der Waals surface area contributed by atoms with Crippen molar-refractivity contribution < 1.29 is 9.90 Å². The van der Waals surface area contributed by atoms with Crippen LogP contribution >= 0.6 is 0 Å². The summed E-state index contributed by atoms with van der Waals surface area (Å²) >= 11 is 0. The fraction of sp³-hybridized carbons (Fsp3) is 0.812. The molecule has 7 heteroatoms. The predicted octanol–water partition coefficient (Wildman–Crippen LogP) is 1.18. The van der Waals surface area contributed by atoms with Crippen molar-refractivity contribution in [3.8, 4) is 0 Å². The van der Waals surface area contributed by atoms with Crippen molar-refractivity contribution in [2.45, 2.75) is 69.7 Å². The molecule has 5 rings (SSSR count). The van der Waals surface area contributed by atoms with Crippen LogP contribution in [0.15, 0.2) is 6.33 Å². The average molecular weight is 319 g/mol. The summed E-state index contributed by atoms with van der Waals surface area (Å²) in [5.41, 5.74) is -0.777. The molecule has 2 unspecified atom stereocenters. The molecule has 0 saturated heterocycles. The molecule has 0 aromatic carbocycles. The number of rotatable bonds is 4. The third kappa shape index (κ3) is 2.71. The highest BCUT2D eigenvalue weighted by atomic mass is 16.3. The molecule has 1 aromatic heterocycles. The third-order valence-electron chi connectivity index (χ3n) is 5.81. The quantitative estimate of drug-likeness (QED) is 0.777. The molecule has 3 N–H and O–H groups in total. The fourth-order valence-electron chi connectivity index (χ4n) is 5.49. The lowest BCUT2D eigenvalue weighted by atomic mass is 9.51. The molecular weight excluding hydrogens is 294 g/mol. The van der Waals surface area contributed by atoms with E-state index in [4.69, 9.17) is 0 Å². The Morgan fingerprint density at radius 3 is 2.78 bits per heavy atom. The molecule has 4 bridgehead atoms. The molecule has 2 atom stereocenters. The Labute approximate surface area is 135 Å². The van der Waals surface area contributed by atoms with Crippen LogP contribution in [0.25, 0.3) is 0 Å². The molecule has 4 saturated carbocycles. The first kappa shape index (κ1) is 14.9. The highest BCUT2D eigenvalue weighted by Gasteiger charge is 2.57. The first-order chi connectivity index (χ1) is 11.0. The first-order valence-electron chi connectivity index (χ1n) is 8.64. The number of amides is 2. The second-order valence-corrected chi connectivity index (χ2v) is 7.77. The zero-order valence-electron chi connectivity index (χ0n) is 13.6. The number of carbonyl (C=O) groups is 1. The van der Waals surface area contributed by atoms with E-state index in [0.717, 1.165) is 38.1 Å². The van der Waals surface area contributed by atoms with E-state index in [-0.39, 0.29) is 11.6 Å². The third-order valence-corrected chi connectivity index (χ3v) is 5.81. The molecule has 126 valence electrons. The van der Waals surface area contributed by atoms with Gasteiger partial charge in [-0.05, 0) is 57.3 Å². The summed E-state index contributed by atoms with van der Waals surface area (Å²) in [4.78, 5) is 16.5. The number of nitrogens with one attached hydrogen (secondary N) is 2. The lowest BCUT2D eigenvalue weighted by molar-refractivity contribution is -0.139. The van der Waals surface area contributed by atoms with Crippen molar-refractivity contribution in [1.82, 2.24) is 25.4 Å². The van der Waals surface area contributed by atoms with Gasteiger partial charge in [-0.15, -0.1) is 0 Å². The largest absolute Gasteiger partial charge is 0.390 e. The van der Waals surface area contributed by atoms with Crippen molar-refractivity contribution in [2.24, 2.45) is 11.8 Å². The summed E-state index contributed by atoms with van der Waals surface area (Å²) in [6.45, 7) is 3.10. The van der Waals surface area contributed by atoms with Crippen LogP contribution in [0.2, 0.25) is 0 Å². The summed E-state index contributed by atoms with van der Waals surface area (Å²) in [6, 6.07) is -0.166. The van der Waals surface area contributed by atoms with E-state index in [1.807, 2.05) is 6.92 Å². The molecule has 1 heterocycles. The highest BCUT2D eigenvalue weighted by Crippen LogP contribution is 2.57. The summed E-state index contributed by atoms with van der Waals surface area (Å²) in [5, 5.41) is 20.9. The standard InChI is InChI=1S/C16H25N5O2/c1-2-21-13(18-10-19-21)8-17-14(22)20-15-4-11-3-12(5-15)7-16(23,6-11)9-15/h10-12,23H,2-9H2,1H3,(H2,17,20,22). The molecule has 7 nitrogen and oxygen atoms in total. The van der Waals surface area contributed by atoms with Gasteiger partial charge in [0.15, 0.2) is 0 Å². The molecule has 4 fully saturated rings. The second-order valence-electron chi connectivity index (χ2n) is 7.77. The van der Waals surface area contributed by atoms with Gasteiger partial charge in [-0.1, -0.05) is 0 Å². The zero-order chi connectivity index (χ0) is 16.1. The number of carbonyl (C=O) groups excluding carboxylic acids is 1. The van der Waals surface area contributed by atoms with E-state index in [2.05, 4.69) is 20.7 Å². The van der Waals surface area contributed by atoms with E-state index in [0.29, 0.717) is 24.8 Å². The number of urea groups is 1. The van der Waals surface area contributed by atoms with Crippen LogP contribution in [0, 0.1) is 11.8 Å². The van der Waals surface area contributed by atoms with Gasteiger partial charge in [0.2, 0.25) is 0 Å². The molecule has 2 amide bonds. The van der Waals surface area contributed by atoms with E-state index < -0.39 is 5.60 Å². The summed E-state index contributed by atoms with van der Waals surface area (Å²) in [6.07, 6.45) is 7.25. The molecule has 0 radical (unpaired) electrons. The Morgan fingerprint density at radius 1 is 1.39 bits per heavy atom. The fourth-order valence-corrected chi connectivity index (χ4v) is 5.49. The SMILES string of the molecule is CCn1ncnc1CNC(=O)NC12CC3CC(CC(O)(C3)C1)C2. The van der Waals surface area contributed by atoms with Crippen molar-refractivity contribution in [1.29, 1.82) is 0 Å². The average Bonchev–Trinajstić information content (AvgIpc) is 2.89. The van der Waals surface area contributed by atoms with Gasteiger partial charge in [-0.2, -0.15) is 5.10 Å². The molecule has 1 aromatic rings. The van der Waals surface area contributed by atoms with Gasteiger partial charge in [0.1, 0.15) is 12.2 Å². The topological polar surface area (TPSA) is 92.1 Å². The maximum absolute atomic E-state index is 12.4. The number of hydrogen-bond donors (Lipinski definition) is 3. The zero-order valence-corrected chi connectivity index (χ0v) is 13.6. The Bertz CT molecular complexity index is 599. The van der Waals surface area contributed by atoms with Crippen molar-refractivity contribution in [3.05, 3.63) is 12.2 Å². The van der Waals surface area contributed by atoms with Crippen LogP contribution in [0.4, 0.5) is 4.79 Å². The van der Waals surface area contributed by atoms with Crippen LogP contribution < -0.4 is 10.6 Å². The molecule has 4 aliphatic rings.